The number of alkyl halides is 3. The molecule has 0 aromatic rings. The summed E-state index contributed by atoms with van der Waals surface area (Å²) in [5.74, 6) is -0.549. The summed E-state index contributed by atoms with van der Waals surface area (Å²) >= 11 is 4.71. The first kappa shape index (κ1) is 14.2. The molecular formula is C9H13F3N2O2S. The first-order valence-electron chi connectivity index (χ1n) is 5.05. The molecule has 1 amide bonds. The third kappa shape index (κ3) is 4.86. The maximum absolute atomic E-state index is 12.0. The number of ether oxygens (including phenoxy) is 1. The van der Waals surface area contributed by atoms with Crippen molar-refractivity contribution < 1.29 is 22.7 Å². The lowest BCUT2D eigenvalue weighted by Crippen LogP contribution is -2.50. The van der Waals surface area contributed by atoms with E-state index in [2.05, 4.69) is 0 Å². The molecule has 0 radical (unpaired) electrons. The van der Waals surface area contributed by atoms with Crippen LogP contribution < -0.4 is 5.73 Å². The van der Waals surface area contributed by atoms with Crippen molar-refractivity contribution in [1.29, 1.82) is 0 Å². The molecule has 1 rings (SSSR count). The van der Waals surface area contributed by atoms with Gasteiger partial charge >= 0.3 is 6.18 Å². The fourth-order valence-electron chi connectivity index (χ4n) is 1.45. The zero-order chi connectivity index (χ0) is 13.1. The third-order valence-electron chi connectivity index (χ3n) is 2.36. The van der Waals surface area contributed by atoms with Crippen molar-refractivity contribution in [2.45, 2.75) is 25.1 Å². The number of carbonyl (C=O) groups excluding carboxylic acids is 1. The molecule has 8 heteroatoms. The third-order valence-corrected chi connectivity index (χ3v) is 2.62. The van der Waals surface area contributed by atoms with E-state index in [9.17, 15) is 18.0 Å². The second-order valence-electron chi connectivity index (χ2n) is 3.72. The van der Waals surface area contributed by atoms with Crippen molar-refractivity contribution in [3.8, 4) is 0 Å². The summed E-state index contributed by atoms with van der Waals surface area (Å²) in [6.07, 6.45) is -6.53. The van der Waals surface area contributed by atoms with Gasteiger partial charge in [-0.2, -0.15) is 13.2 Å². The highest BCUT2D eigenvalue weighted by Crippen LogP contribution is 2.22. The topological polar surface area (TPSA) is 55.6 Å². The molecular weight excluding hydrogens is 257 g/mol. The SMILES string of the molecule is NC(=S)C1CN(C(=O)CCC(F)(F)F)CCO1. The molecule has 1 atom stereocenters. The highest BCUT2D eigenvalue weighted by molar-refractivity contribution is 7.80. The largest absolute Gasteiger partial charge is 0.391 e. The molecule has 0 aromatic heterocycles. The number of halogens is 3. The van der Waals surface area contributed by atoms with Crippen LogP contribution in [0.15, 0.2) is 0 Å². The van der Waals surface area contributed by atoms with Gasteiger partial charge in [0.1, 0.15) is 11.1 Å². The van der Waals surface area contributed by atoms with Gasteiger partial charge in [-0.05, 0) is 0 Å². The van der Waals surface area contributed by atoms with Gasteiger partial charge in [0.15, 0.2) is 0 Å². The minimum absolute atomic E-state index is 0.110. The number of nitrogens with two attached hydrogens (primary N) is 1. The average Bonchev–Trinajstić information content (AvgIpc) is 2.25. The average molecular weight is 270 g/mol. The van der Waals surface area contributed by atoms with E-state index in [0.29, 0.717) is 0 Å². The van der Waals surface area contributed by atoms with Crippen LogP contribution >= 0.6 is 12.2 Å². The summed E-state index contributed by atoms with van der Waals surface area (Å²) in [5.41, 5.74) is 5.36. The Hall–Kier alpha value is -0.890. The molecule has 4 nitrogen and oxygen atoms in total. The van der Waals surface area contributed by atoms with Crippen molar-refractivity contribution in [1.82, 2.24) is 4.90 Å². The van der Waals surface area contributed by atoms with Crippen LogP contribution in [0.25, 0.3) is 0 Å². The molecule has 17 heavy (non-hydrogen) atoms. The van der Waals surface area contributed by atoms with Crippen molar-refractivity contribution in [3.63, 3.8) is 0 Å². The van der Waals surface area contributed by atoms with Crippen molar-refractivity contribution in [2.75, 3.05) is 19.7 Å². The van der Waals surface area contributed by atoms with Gasteiger partial charge in [-0.1, -0.05) is 12.2 Å². The van der Waals surface area contributed by atoms with Gasteiger partial charge in [-0.25, -0.2) is 0 Å². The van der Waals surface area contributed by atoms with E-state index in [1.54, 1.807) is 0 Å². The minimum Gasteiger partial charge on any atom is -0.391 e. The number of rotatable bonds is 3. The maximum atomic E-state index is 12.0. The van der Waals surface area contributed by atoms with E-state index in [4.69, 9.17) is 22.7 Å². The van der Waals surface area contributed by atoms with Crippen LogP contribution in [-0.2, 0) is 9.53 Å². The Morgan fingerprint density at radius 2 is 2.18 bits per heavy atom. The molecule has 0 aromatic carbocycles. The second-order valence-corrected chi connectivity index (χ2v) is 4.19. The van der Waals surface area contributed by atoms with Gasteiger partial charge < -0.3 is 15.4 Å². The maximum Gasteiger partial charge on any atom is 0.389 e. The Morgan fingerprint density at radius 3 is 2.71 bits per heavy atom. The molecule has 98 valence electrons. The van der Waals surface area contributed by atoms with Gasteiger partial charge in [0.2, 0.25) is 5.91 Å². The van der Waals surface area contributed by atoms with Gasteiger partial charge in [0.25, 0.3) is 0 Å². The molecule has 0 aliphatic carbocycles. The Morgan fingerprint density at radius 1 is 1.53 bits per heavy atom. The van der Waals surface area contributed by atoms with Crippen molar-refractivity contribution >= 4 is 23.1 Å². The van der Waals surface area contributed by atoms with Crippen LogP contribution in [0.4, 0.5) is 13.2 Å². The van der Waals surface area contributed by atoms with E-state index in [-0.39, 0.29) is 24.7 Å². The second kappa shape index (κ2) is 5.63. The van der Waals surface area contributed by atoms with Gasteiger partial charge in [-0.15, -0.1) is 0 Å². The predicted octanol–water partition coefficient (Wildman–Crippen LogP) is 0.842. The van der Waals surface area contributed by atoms with Crippen LogP contribution in [0.3, 0.4) is 0 Å². The Labute approximate surface area is 102 Å². The van der Waals surface area contributed by atoms with E-state index in [1.165, 1.54) is 4.90 Å². The van der Waals surface area contributed by atoms with Gasteiger partial charge in [0.05, 0.1) is 19.6 Å². The minimum atomic E-state index is -4.31. The zero-order valence-electron chi connectivity index (χ0n) is 9.00. The molecule has 2 N–H and O–H groups in total. The molecule has 1 aliphatic heterocycles. The lowest BCUT2D eigenvalue weighted by molar-refractivity contribution is -0.152. The molecule has 1 aliphatic rings. The Bertz CT molecular complexity index is 309. The monoisotopic (exact) mass is 270 g/mol. The lowest BCUT2D eigenvalue weighted by atomic mass is 10.2. The Balaban J connectivity index is 2.44. The zero-order valence-corrected chi connectivity index (χ0v) is 9.81. The summed E-state index contributed by atoms with van der Waals surface area (Å²) in [6, 6.07) is 0. The first-order chi connectivity index (χ1) is 7.79. The smallest absolute Gasteiger partial charge is 0.389 e. The van der Waals surface area contributed by atoms with Crippen molar-refractivity contribution in [3.05, 3.63) is 0 Å². The number of amides is 1. The summed E-state index contributed by atoms with van der Waals surface area (Å²) in [4.78, 5) is 12.9. The lowest BCUT2D eigenvalue weighted by Gasteiger charge is -2.32. The highest BCUT2D eigenvalue weighted by Gasteiger charge is 2.31. The molecule has 1 saturated heterocycles. The molecule has 0 saturated carbocycles. The number of carbonyl (C=O) groups is 1. The number of nitrogens with zero attached hydrogens (tertiary/aromatic N) is 1. The summed E-state index contributed by atoms with van der Waals surface area (Å²) < 4.78 is 41.0. The number of hydrogen-bond donors (Lipinski definition) is 1. The molecule has 0 spiro atoms. The quantitative estimate of drug-likeness (QED) is 0.772. The Kier molecular flexibility index (Phi) is 4.70. The van der Waals surface area contributed by atoms with Crippen LogP contribution in [0.1, 0.15) is 12.8 Å². The van der Waals surface area contributed by atoms with Crippen LogP contribution in [0.5, 0.6) is 0 Å². The molecule has 1 fully saturated rings. The van der Waals surface area contributed by atoms with Crippen molar-refractivity contribution in [2.24, 2.45) is 5.73 Å². The van der Waals surface area contributed by atoms with E-state index < -0.39 is 31.0 Å². The predicted molar refractivity (Wildman–Crippen MR) is 58.4 cm³/mol. The summed E-state index contributed by atoms with van der Waals surface area (Å²) in [7, 11) is 0. The standard InChI is InChI=1S/C9H13F3N2O2S/c10-9(11,12)2-1-7(15)14-3-4-16-6(5-14)8(13)17/h6H,1-5H2,(H2,13,17). The van der Waals surface area contributed by atoms with E-state index in [0.717, 1.165) is 0 Å². The summed E-state index contributed by atoms with van der Waals surface area (Å²) in [5, 5.41) is 0. The molecule has 1 unspecified atom stereocenters. The number of morpholine rings is 1. The molecule has 1 heterocycles. The normalized spacial score (nSPS) is 21.4. The van der Waals surface area contributed by atoms with Crippen LogP contribution in [0.2, 0.25) is 0 Å². The van der Waals surface area contributed by atoms with E-state index >= 15 is 0 Å². The van der Waals surface area contributed by atoms with E-state index in [1.807, 2.05) is 0 Å². The van der Waals surface area contributed by atoms with Gasteiger partial charge in [0, 0.05) is 13.0 Å². The van der Waals surface area contributed by atoms with Crippen LogP contribution in [-0.4, -0.2) is 47.8 Å². The highest BCUT2D eigenvalue weighted by atomic mass is 32.1. The fraction of sp³-hybridized carbons (Fsp3) is 0.778. The van der Waals surface area contributed by atoms with Gasteiger partial charge in [-0.3, -0.25) is 4.79 Å². The molecule has 0 bridgehead atoms. The van der Waals surface area contributed by atoms with Crippen LogP contribution in [0, 0.1) is 0 Å². The number of hydrogen-bond acceptors (Lipinski definition) is 3. The fourth-order valence-corrected chi connectivity index (χ4v) is 1.60. The first-order valence-corrected chi connectivity index (χ1v) is 5.46. The number of thiocarbonyl (C=S) groups is 1. The summed E-state index contributed by atoms with van der Waals surface area (Å²) in [6.45, 7) is 0.640.